The van der Waals surface area contributed by atoms with Gasteiger partial charge >= 0.3 is 17.9 Å². The summed E-state index contributed by atoms with van der Waals surface area (Å²) in [6.07, 6.45) is 2.73. The molecule has 29 heavy (non-hydrogen) atoms. The van der Waals surface area contributed by atoms with E-state index in [-0.39, 0.29) is 11.8 Å². The predicted molar refractivity (Wildman–Crippen MR) is 106 cm³/mol. The van der Waals surface area contributed by atoms with Crippen LogP contribution in [0.5, 0.6) is 0 Å². The van der Waals surface area contributed by atoms with E-state index in [4.69, 9.17) is 26.6 Å². The van der Waals surface area contributed by atoms with E-state index in [1.165, 1.54) is 42.7 Å². The minimum atomic E-state index is -3.16. The van der Waals surface area contributed by atoms with Gasteiger partial charge in [-0.2, -0.15) is 0 Å². The van der Waals surface area contributed by atoms with Gasteiger partial charge in [-0.25, -0.2) is 9.13 Å². The molecule has 2 saturated heterocycles. The van der Waals surface area contributed by atoms with Crippen molar-refractivity contribution in [3.05, 3.63) is 0 Å². The number of carbonyl (C=O) groups is 2. The fourth-order valence-electron chi connectivity index (χ4n) is 4.23. The predicted octanol–water partition coefficient (Wildman–Crippen LogP) is -0.692. The maximum atomic E-state index is 13.0. The van der Waals surface area contributed by atoms with Crippen LogP contribution in [-0.4, -0.2) is 107 Å². The first-order chi connectivity index (χ1) is 13.9. The Bertz CT molecular complexity index is 512. The Balaban J connectivity index is 2.12. The molecular weight excluding hydrogens is 418 g/mol. The fourth-order valence-corrected chi connectivity index (χ4v) is 8.75. The molecule has 0 aromatic heterocycles. The highest BCUT2D eigenvalue weighted by Crippen LogP contribution is 2.28. The lowest BCUT2D eigenvalue weighted by molar-refractivity contribution is -0.135. The summed E-state index contributed by atoms with van der Waals surface area (Å²) >= 11 is 0. The molecule has 168 valence electrons. The van der Waals surface area contributed by atoms with E-state index >= 15 is 0 Å². The van der Waals surface area contributed by atoms with E-state index < -0.39 is 30.0 Å². The van der Waals surface area contributed by atoms with Gasteiger partial charge in [0.1, 0.15) is 0 Å². The number of carbonyl (C=O) groups excluding carboxylic acids is 2. The van der Waals surface area contributed by atoms with Crippen LogP contribution in [0.2, 0.25) is 0 Å². The van der Waals surface area contributed by atoms with Crippen LogP contribution in [0.4, 0.5) is 0 Å². The number of amides is 2. The van der Waals surface area contributed by atoms with Crippen LogP contribution < -0.4 is 5.32 Å². The molecule has 2 unspecified atom stereocenters. The van der Waals surface area contributed by atoms with Crippen LogP contribution in [0.3, 0.4) is 0 Å². The van der Waals surface area contributed by atoms with Crippen molar-refractivity contribution in [2.75, 3.05) is 55.7 Å². The van der Waals surface area contributed by atoms with E-state index in [2.05, 4.69) is 5.32 Å². The number of nitrogens with zero attached hydrogens (tertiary/aromatic N) is 2. The summed E-state index contributed by atoms with van der Waals surface area (Å²) in [4.78, 5) is 25.9. The average Bonchev–Trinajstić information content (AvgIpc) is 3.42. The SMILES string of the molecule is CO[Si](OC)(OC)N1CCCC1C(=O)NC(=O)C1CCCN1[Si](OC)(OC)OC. The van der Waals surface area contributed by atoms with Crippen LogP contribution in [0.1, 0.15) is 25.7 Å². The Kier molecular flexibility index (Phi) is 8.90. The molecule has 0 aliphatic carbocycles. The highest BCUT2D eigenvalue weighted by molar-refractivity contribution is 6.58. The topological polar surface area (TPSA) is 108 Å². The highest BCUT2D eigenvalue weighted by atomic mass is 28.4. The van der Waals surface area contributed by atoms with E-state index in [0.29, 0.717) is 25.9 Å². The molecule has 0 aromatic rings. The average molecular weight is 452 g/mol. The lowest BCUT2D eigenvalue weighted by Crippen LogP contribution is -2.66. The monoisotopic (exact) mass is 451 g/mol. The number of hydrogen-bond acceptors (Lipinski definition) is 10. The minimum Gasteiger partial charge on any atom is -0.364 e. The zero-order valence-corrected chi connectivity index (χ0v) is 20.1. The lowest BCUT2D eigenvalue weighted by atomic mass is 10.2. The molecule has 2 atom stereocenters. The van der Waals surface area contributed by atoms with Gasteiger partial charge in [0.2, 0.25) is 11.8 Å². The summed E-state index contributed by atoms with van der Waals surface area (Å²) in [6.45, 7) is 1.19. The van der Waals surface area contributed by atoms with E-state index in [0.717, 1.165) is 12.8 Å². The molecule has 2 heterocycles. The Morgan fingerprint density at radius 3 is 1.28 bits per heavy atom. The van der Waals surface area contributed by atoms with E-state index in [1.807, 2.05) is 0 Å². The molecule has 0 spiro atoms. The van der Waals surface area contributed by atoms with Crippen molar-refractivity contribution in [3.63, 3.8) is 0 Å². The number of rotatable bonds is 10. The second-order valence-corrected chi connectivity index (χ2v) is 12.5. The first-order valence-electron chi connectivity index (χ1n) is 9.57. The highest BCUT2D eigenvalue weighted by Gasteiger charge is 2.55. The summed E-state index contributed by atoms with van der Waals surface area (Å²) in [5.74, 6) is -0.774. The molecule has 2 amide bonds. The van der Waals surface area contributed by atoms with Gasteiger partial charge in [-0.15, -0.1) is 0 Å². The molecule has 0 aromatic carbocycles. The van der Waals surface area contributed by atoms with Crippen molar-refractivity contribution in [3.8, 4) is 0 Å². The second-order valence-electron chi connectivity index (χ2n) is 6.83. The lowest BCUT2D eigenvalue weighted by Gasteiger charge is -2.36. The van der Waals surface area contributed by atoms with Crippen LogP contribution in [-0.2, 0) is 36.1 Å². The third-order valence-corrected chi connectivity index (χ3v) is 11.2. The van der Waals surface area contributed by atoms with Gasteiger partial charge in [-0.1, -0.05) is 0 Å². The number of hydrogen-bond donors (Lipinski definition) is 1. The van der Waals surface area contributed by atoms with Crippen molar-refractivity contribution in [1.29, 1.82) is 0 Å². The molecule has 0 saturated carbocycles. The van der Waals surface area contributed by atoms with Crippen molar-refractivity contribution < 1.29 is 36.1 Å². The van der Waals surface area contributed by atoms with E-state index in [1.54, 1.807) is 9.13 Å². The zero-order chi connectivity index (χ0) is 21.7. The largest absolute Gasteiger partial charge is 0.599 e. The molecule has 0 radical (unpaired) electrons. The minimum absolute atomic E-state index is 0.387. The zero-order valence-electron chi connectivity index (χ0n) is 18.1. The van der Waals surface area contributed by atoms with Gasteiger partial charge < -0.3 is 26.6 Å². The molecule has 2 fully saturated rings. The van der Waals surface area contributed by atoms with Crippen LogP contribution in [0.25, 0.3) is 0 Å². The summed E-state index contributed by atoms with van der Waals surface area (Å²) in [6, 6.07) is -1.12. The van der Waals surface area contributed by atoms with Crippen molar-refractivity contribution >= 4 is 29.7 Å². The van der Waals surface area contributed by atoms with Gasteiger partial charge in [0.25, 0.3) is 0 Å². The van der Waals surface area contributed by atoms with Gasteiger partial charge in [0, 0.05) is 42.7 Å². The Morgan fingerprint density at radius 1 is 0.690 bits per heavy atom. The van der Waals surface area contributed by atoms with Crippen molar-refractivity contribution in [2.45, 2.75) is 37.8 Å². The maximum Gasteiger partial charge on any atom is 0.599 e. The van der Waals surface area contributed by atoms with Gasteiger partial charge in [0.05, 0.1) is 12.1 Å². The molecule has 13 heteroatoms. The van der Waals surface area contributed by atoms with Crippen LogP contribution in [0, 0.1) is 0 Å². The molecule has 2 aliphatic rings. The van der Waals surface area contributed by atoms with Gasteiger partial charge in [-0.3, -0.25) is 14.9 Å². The van der Waals surface area contributed by atoms with Gasteiger partial charge in [0.15, 0.2) is 0 Å². The number of imide groups is 1. The normalized spacial score (nSPS) is 24.2. The maximum absolute atomic E-state index is 13.0. The molecule has 11 nitrogen and oxygen atoms in total. The summed E-state index contributed by atoms with van der Waals surface area (Å²) in [5.41, 5.74) is 0. The molecule has 2 rings (SSSR count). The Hall–Kier alpha value is -0.746. The molecule has 0 bridgehead atoms. The second kappa shape index (κ2) is 10.5. The Labute approximate surface area is 174 Å². The summed E-state index contributed by atoms with van der Waals surface area (Å²) in [5, 5.41) is 2.56. The van der Waals surface area contributed by atoms with Crippen LogP contribution >= 0.6 is 0 Å². The quantitative estimate of drug-likeness (QED) is 0.339. The Morgan fingerprint density at radius 2 is 1.00 bits per heavy atom. The molecular formula is C16H33N3O8Si2. The molecule has 2 aliphatic heterocycles. The molecule has 1 N–H and O–H groups in total. The first kappa shape index (κ1) is 24.5. The van der Waals surface area contributed by atoms with Gasteiger partial charge in [-0.05, 0) is 38.8 Å². The fraction of sp³-hybridized carbons (Fsp3) is 0.875. The summed E-state index contributed by atoms with van der Waals surface area (Å²) < 4.78 is 36.7. The third-order valence-electron chi connectivity index (χ3n) is 5.61. The summed E-state index contributed by atoms with van der Waals surface area (Å²) in [7, 11) is 2.68. The van der Waals surface area contributed by atoms with E-state index in [9.17, 15) is 9.59 Å². The first-order valence-corrected chi connectivity index (χ1v) is 12.9. The smallest absolute Gasteiger partial charge is 0.364 e. The van der Waals surface area contributed by atoms with Crippen molar-refractivity contribution in [2.24, 2.45) is 0 Å². The van der Waals surface area contributed by atoms with Crippen molar-refractivity contribution in [1.82, 2.24) is 14.4 Å². The standard InChI is InChI=1S/C16H33N3O8Si2/c1-22-28(23-2,24-3)18-11-7-9-13(18)15(20)17-16(21)14-10-8-12-19(14)29(25-4,26-5)27-6/h13-14H,7-12H2,1-6H3,(H,17,20,21). The van der Waals surface area contributed by atoms with Crippen LogP contribution in [0.15, 0.2) is 0 Å². The third kappa shape index (κ3) is 4.63. The number of nitrogens with one attached hydrogen (secondary N) is 1.